The molecule has 0 rings (SSSR count). The van der Waals surface area contributed by atoms with Crippen molar-refractivity contribution >= 4 is 11.9 Å². The monoisotopic (exact) mass is 895 g/mol. The van der Waals surface area contributed by atoms with E-state index in [9.17, 15) is 9.59 Å². The summed E-state index contributed by atoms with van der Waals surface area (Å²) in [4.78, 5) is 25.5. The van der Waals surface area contributed by atoms with Crippen molar-refractivity contribution in [1.82, 2.24) is 0 Å². The zero-order chi connectivity index (χ0) is 46.3. The Hall–Kier alpha value is -2.40. The SMILES string of the molecule is CCCCC/C=C\C/C=C\CCCCCCCCOCC(COC(=O)CCCCCCCCC/C=C\CCCCCCCC)OC(=O)CCCCCCC/C=C\C/C=C\CCCCC. The van der Waals surface area contributed by atoms with Crippen molar-refractivity contribution in [3.63, 3.8) is 0 Å². The van der Waals surface area contributed by atoms with Crippen LogP contribution in [0.3, 0.4) is 0 Å². The number of ether oxygens (including phenoxy) is 3. The Balaban J connectivity index is 4.31. The lowest BCUT2D eigenvalue weighted by molar-refractivity contribution is -0.163. The van der Waals surface area contributed by atoms with E-state index in [1.807, 2.05) is 0 Å². The van der Waals surface area contributed by atoms with Crippen LogP contribution in [-0.2, 0) is 23.8 Å². The molecule has 0 spiro atoms. The van der Waals surface area contributed by atoms with Gasteiger partial charge < -0.3 is 14.2 Å². The first-order valence-corrected chi connectivity index (χ1v) is 27.8. The Morgan fingerprint density at radius 3 is 1.08 bits per heavy atom. The van der Waals surface area contributed by atoms with Crippen LogP contribution in [-0.4, -0.2) is 37.9 Å². The van der Waals surface area contributed by atoms with Gasteiger partial charge in [0.15, 0.2) is 6.10 Å². The zero-order valence-corrected chi connectivity index (χ0v) is 42.8. The Bertz CT molecular complexity index is 1100. The van der Waals surface area contributed by atoms with E-state index in [0.717, 1.165) is 70.6 Å². The van der Waals surface area contributed by atoms with E-state index in [1.165, 1.54) is 173 Å². The highest BCUT2D eigenvalue weighted by Crippen LogP contribution is 2.14. The first-order chi connectivity index (χ1) is 31.6. The number of carbonyl (C=O) groups excluding carboxylic acids is 2. The summed E-state index contributed by atoms with van der Waals surface area (Å²) in [6, 6.07) is 0. The normalized spacial score (nSPS) is 12.6. The Kier molecular flexibility index (Phi) is 52.9. The Morgan fingerprint density at radius 2 is 0.656 bits per heavy atom. The summed E-state index contributed by atoms with van der Waals surface area (Å²) in [5, 5.41) is 0. The van der Waals surface area contributed by atoms with E-state index < -0.39 is 6.10 Å². The van der Waals surface area contributed by atoms with Crippen LogP contribution in [0.25, 0.3) is 0 Å². The lowest BCUT2D eigenvalue weighted by atomic mass is 10.1. The molecule has 372 valence electrons. The molecule has 0 aliphatic heterocycles. The minimum absolute atomic E-state index is 0.0733. The summed E-state index contributed by atoms with van der Waals surface area (Å²) in [7, 11) is 0. The second kappa shape index (κ2) is 54.9. The fourth-order valence-corrected chi connectivity index (χ4v) is 7.80. The van der Waals surface area contributed by atoms with Crippen molar-refractivity contribution in [1.29, 1.82) is 0 Å². The molecule has 5 heteroatoms. The van der Waals surface area contributed by atoms with Crippen molar-refractivity contribution in [3.8, 4) is 0 Å². The van der Waals surface area contributed by atoms with Gasteiger partial charge in [-0.25, -0.2) is 0 Å². The maximum absolute atomic E-state index is 12.8. The summed E-state index contributed by atoms with van der Waals surface area (Å²) < 4.78 is 17.4. The van der Waals surface area contributed by atoms with Crippen molar-refractivity contribution in [2.75, 3.05) is 19.8 Å². The quantitative estimate of drug-likeness (QED) is 0.0346. The van der Waals surface area contributed by atoms with Crippen molar-refractivity contribution < 1.29 is 23.8 Å². The maximum Gasteiger partial charge on any atom is 0.306 e. The van der Waals surface area contributed by atoms with Gasteiger partial charge in [-0.1, -0.05) is 216 Å². The molecule has 0 saturated carbocycles. The van der Waals surface area contributed by atoms with Crippen LogP contribution in [0.1, 0.15) is 278 Å². The topological polar surface area (TPSA) is 61.8 Å². The van der Waals surface area contributed by atoms with Gasteiger partial charge in [0.2, 0.25) is 0 Å². The van der Waals surface area contributed by atoms with Crippen molar-refractivity contribution in [2.24, 2.45) is 0 Å². The standard InChI is InChI=1S/C59H106O5/c1-4-7-10-13-16-19-22-25-28-30-32-34-37-40-43-46-49-52-58(60)63-56-57(55-62-54-51-48-45-42-39-36-33-29-26-23-20-17-14-11-8-5-2)64-59(61)53-50-47-44-41-38-35-31-27-24-21-18-15-12-9-6-3/h17-18,20-21,25-29,31,57H,4-16,19,22-24,30,32-56H2,1-3H3/b20-17-,21-18-,28-25-,29-26-,31-27-. The first-order valence-electron chi connectivity index (χ1n) is 27.8. The molecule has 0 heterocycles. The van der Waals surface area contributed by atoms with Crippen LogP contribution in [0.2, 0.25) is 0 Å². The van der Waals surface area contributed by atoms with Gasteiger partial charge in [0.25, 0.3) is 0 Å². The number of hydrogen-bond donors (Lipinski definition) is 0. The van der Waals surface area contributed by atoms with Crippen LogP contribution >= 0.6 is 0 Å². The molecule has 0 bridgehead atoms. The van der Waals surface area contributed by atoms with Gasteiger partial charge in [-0.05, 0) is 109 Å². The second-order valence-electron chi connectivity index (χ2n) is 18.5. The van der Waals surface area contributed by atoms with E-state index in [0.29, 0.717) is 19.4 Å². The van der Waals surface area contributed by atoms with Crippen LogP contribution in [0.4, 0.5) is 0 Å². The molecule has 0 aliphatic carbocycles. The van der Waals surface area contributed by atoms with Gasteiger partial charge in [-0.2, -0.15) is 0 Å². The number of unbranched alkanes of at least 4 members (excludes halogenated alkanes) is 30. The average Bonchev–Trinajstić information content (AvgIpc) is 3.30. The molecular formula is C59H106O5. The molecule has 0 aromatic heterocycles. The summed E-state index contributed by atoms with van der Waals surface area (Å²) in [6.45, 7) is 7.76. The molecule has 0 aromatic rings. The van der Waals surface area contributed by atoms with Gasteiger partial charge in [0, 0.05) is 19.4 Å². The van der Waals surface area contributed by atoms with Gasteiger partial charge in [-0.15, -0.1) is 0 Å². The molecule has 1 unspecified atom stereocenters. The van der Waals surface area contributed by atoms with E-state index in [-0.39, 0.29) is 25.2 Å². The zero-order valence-electron chi connectivity index (χ0n) is 42.8. The van der Waals surface area contributed by atoms with Crippen LogP contribution in [0.5, 0.6) is 0 Å². The molecule has 0 radical (unpaired) electrons. The molecule has 0 amide bonds. The molecule has 0 N–H and O–H groups in total. The third-order valence-electron chi connectivity index (χ3n) is 12.0. The highest BCUT2D eigenvalue weighted by Gasteiger charge is 2.17. The molecule has 0 aromatic carbocycles. The molecular weight excluding hydrogens is 789 g/mol. The number of carbonyl (C=O) groups is 2. The lowest BCUT2D eigenvalue weighted by Crippen LogP contribution is -2.30. The second-order valence-corrected chi connectivity index (χ2v) is 18.5. The summed E-state index contributed by atoms with van der Waals surface area (Å²) >= 11 is 0. The van der Waals surface area contributed by atoms with E-state index in [4.69, 9.17) is 14.2 Å². The molecule has 0 aliphatic rings. The number of esters is 2. The van der Waals surface area contributed by atoms with Gasteiger partial charge in [-0.3, -0.25) is 9.59 Å². The van der Waals surface area contributed by atoms with Crippen molar-refractivity contribution in [2.45, 2.75) is 284 Å². The average molecular weight is 895 g/mol. The number of allylic oxidation sites excluding steroid dienone is 10. The van der Waals surface area contributed by atoms with E-state index >= 15 is 0 Å². The summed E-state index contributed by atoms with van der Waals surface area (Å²) in [6.07, 6.45) is 69.4. The third kappa shape index (κ3) is 52.2. The highest BCUT2D eigenvalue weighted by atomic mass is 16.6. The molecule has 1 atom stereocenters. The lowest BCUT2D eigenvalue weighted by Gasteiger charge is -2.18. The van der Waals surface area contributed by atoms with Crippen LogP contribution < -0.4 is 0 Å². The first kappa shape index (κ1) is 61.6. The van der Waals surface area contributed by atoms with E-state index in [2.05, 4.69) is 81.5 Å². The van der Waals surface area contributed by atoms with Crippen molar-refractivity contribution in [3.05, 3.63) is 60.8 Å². The smallest absolute Gasteiger partial charge is 0.306 e. The Labute approximate surface area is 398 Å². The van der Waals surface area contributed by atoms with E-state index in [1.54, 1.807) is 0 Å². The molecule has 0 fully saturated rings. The van der Waals surface area contributed by atoms with Crippen LogP contribution in [0, 0.1) is 0 Å². The molecule has 0 saturated heterocycles. The van der Waals surface area contributed by atoms with Crippen LogP contribution in [0.15, 0.2) is 60.8 Å². The molecule has 5 nitrogen and oxygen atoms in total. The predicted octanol–water partition coefficient (Wildman–Crippen LogP) is 18.9. The summed E-state index contributed by atoms with van der Waals surface area (Å²) in [5.74, 6) is -0.416. The van der Waals surface area contributed by atoms with Gasteiger partial charge >= 0.3 is 11.9 Å². The minimum Gasteiger partial charge on any atom is -0.462 e. The predicted molar refractivity (Wildman–Crippen MR) is 279 cm³/mol. The largest absolute Gasteiger partial charge is 0.462 e. The highest BCUT2D eigenvalue weighted by molar-refractivity contribution is 5.70. The minimum atomic E-state index is -0.551. The third-order valence-corrected chi connectivity index (χ3v) is 12.0. The number of rotatable bonds is 51. The fourth-order valence-electron chi connectivity index (χ4n) is 7.80. The maximum atomic E-state index is 12.8. The van der Waals surface area contributed by atoms with Gasteiger partial charge in [0.05, 0.1) is 6.61 Å². The molecule has 64 heavy (non-hydrogen) atoms. The number of hydrogen-bond acceptors (Lipinski definition) is 5. The van der Waals surface area contributed by atoms with Gasteiger partial charge in [0.1, 0.15) is 6.61 Å². The fraction of sp³-hybridized carbons (Fsp3) is 0.797. The summed E-state index contributed by atoms with van der Waals surface area (Å²) in [5.41, 5.74) is 0. The Morgan fingerprint density at radius 1 is 0.344 bits per heavy atom.